The molecule has 30 heavy (non-hydrogen) atoms. The van der Waals surface area contributed by atoms with Crippen molar-refractivity contribution in [1.82, 2.24) is 0 Å². The molecule has 0 atom stereocenters. The fraction of sp³-hybridized carbons (Fsp3) is 0.458. The monoisotopic (exact) mass is 442 g/mol. The van der Waals surface area contributed by atoms with Gasteiger partial charge in [0.15, 0.2) is 0 Å². The van der Waals surface area contributed by atoms with Crippen LogP contribution in [-0.4, -0.2) is 45.5 Å². The Hall–Kier alpha value is -1.85. The number of rotatable bonds is 4. The normalized spacial score (nSPS) is 18.8. The van der Waals surface area contributed by atoms with Crippen LogP contribution in [0.4, 0.5) is 17.1 Å². The highest BCUT2D eigenvalue weighted by Crippen LogP contribution is 2.49. The Labute approximate surface area is 189 Å². The Morgan fingerprint density at radius 1 is 1.03 bits per heavy atom. The largest absolute Gasteiger partial charge is 0.377 e. The number of halogens is 1. The summed E-state index contributed by atoms with van der Waals surface area (Å²) >= 11 is 8.26. The van der Waals surface area contributed by atoms with Crippen LogP contribution in [0, 0.1) is 5.41 Å². The molecule has 0 aromatic heterocycles. The number of anilines is 3. The number of hydrogen-bond donors (Lipinski definition) is 1. The number of fused-ring (bicyclic) bond motifs is 1. The highest BCUT2D eigenvalue weighted by Gasteiger charge is 2.43. The number of benzene rings is 2. The minimum absolute atomic E-state index is 0.0898. The van der Waals surface area contributed by atoms with Crippen LogP contribution < -0.4 is 15.1 Å². The van der Waals surface area contributed by atoms with Gasteiger partial charge in [0.05, 0.1) is 17.9 Å². The van der Waals surface area contributed by atoms with E-state index >= 15 is 0 Å². The minimum Gasteiger partial charge on any atom is -0.377 e. The summed E-state index contributed by atoms with van der Waals surface area (Å²) in [6.45, 7) is 0.651. The molecule has 1 saturated heterocycles. The van der Waals surface area contributed by atoms with Gasteiger partial charge in [-0.2, -0.15) is 11.8 Å². The standard InChI is InChI=1S/C24H31ClN4S/c1-28(2)20-8-9-21(29(3)4)22-19(20)15-24(10-12-30-13-11-24)23(27-22)26-16-17-6-5-7-18(25)14-17/h5-9,14H,10-13,15-16H2,1-4H3,(H,26,27). The van der Waals surface area contributed by atoms with Crippen LogP contribution in [0.1, 0.15) is 24.0 Å². The second kappa shape index (κ2) is 8.72. The molecule has 1 N–H and O–H groups in total. The maximum Gasteiger partial charge on any atom is 0.108 e. The average Bonchev–Trinajstić information content (AvgIpc) is 2.72. The zero-order valence-electron chi connectivity index (χ0n) is 18.3. The topological polar surface area (TPSA) is 30.9 Å². The number of hydrogen-bond acceptors (Lipinski definition) is 4. The molecule has 1 fully saturated rings. The van der Waals surface area contributed by atoms with Crippen LogP contribution in [-0.2, 0) is 13.0 Å². The summed E-state index contributed by atoms with van der Waals surface area (Å²) in [4.78, 5) is 9.58. The molecule has 1 spiro atoms. The van der Waals surface area contributed by atoms with E-state index in [1.165, 1.54) is 34.1 Å². The molecule has 2 aromatic carbocycles. The van der Waals surface area contributed by atoms with E-state index in [9.17, 15) is 0 Å². The van der Waals surface area contributed by atoms with Crippen molar-refractivity contribution in [1.29, 1.82) is 0 Å². The van der Waals surface area contributed by atoms with Crippen LogP contribution in [0.2, 0.25) is 5.02 Å². The van der Waals surface area contributed by atoms with Gasteiger partial charge in [-0.1, -0.05) is 23.7 Å². The molecule has 0 aliphatic carbocycles. The van der Waals surface area contributed by atoms with Crippen LogP contribution in [0.3, 0.4) is 0 Å². The molecule has 0 unspecified atom stereocenters. The lowest BCUT2D eigenvalue weighted by atomic mass is 9.72. The van der Waals surface area contributed by atoms with Gasteiger partial charge in [0.25, 0.3) is 0 Å². The van der Waals surface area contributed by atoms with E-state index in [1.807, 2.05) is 18.2 Å². The third-order valence-electron chi connectivity index (χ3n) is 6.25. The van der Waals surface area contributed by atoms with Crippen LogP contribution >= 0.6 is 23.4 Å². The number of nitrogens with zero attached hydrogens (tertiary/aromatic N) is 3. The van der Waals surface area contributed by atoms with Gasteiger partial charge in [-0.05, 0) is 60.6 Å². The van der Waals surface area contributed by atoms with Crippen LogP contribution in [0.5, 0.6) is 0 Å². The molecule has 0 radical (unpaired) electrons. The van der Waals surface area contributed by atoms with E-state index in [-0.39, 0.29) is 5.41 Å². The Bertz CT molecular complexity index is 948. The van der Waals surface area contributed by atoms with Gasteiger partial charge in [0.2, 0.25) is 0 Å². The second-order valence-electron chi connectivity index (χ2n) is 8.74. The number of aliphatic imine (C=N–C) groups is 1. The number of amidine groups is 1. The third kappa shape index (κ3) is 4.15. The first kappa shape index (κ1) is 21.4. The van der Waals surface area contributed by atoms with Crippen LogP contribution in [0.15, 0.2) is 41.4 Å². The summed E-state index contributed by atoms with van der Waals surface area (Å²) in [5, 5.41) is 4.59. The first-order chi connectivity index (χ1) is 14.4. The van der Waals surface area contributed by atoms with Crippen molar-refractivity contribution >= 4 is 46.3 Å². The summed E-state index contributed by atoms with van der Waals surface area (Å²) in [5.74, 6) is 3.53. The van der Waals surface area contributed by atoms with Crippen LogP contribution in [0.25, 0.3) is 0 Å². The smallest absolute Gasteiger partial charge is 0.108 e. The van der Waals surface area contributed by atoms with Crippen molar-refractivity contribution in [3.05, 3.63) is 52.5 Å². The Balaban J connectivity index is 1.79. The maximum absolute atomic E-state index is 6.20. The molecule has 0 amide bonds. The van der Waals surface area contributed by atoms with Crippen molar-refractivity contribution in [2.24, 2.45) is 10.4 Å². The quantitative estimate of drug-likeness (QED) is 0.672. The fourth-order valence-corrected chi connectivity index (χ4v) is 6.08. The molecule has 0 saturated carbocycles. The molecule has 160 valence electrons. The SMILES string of the molecule is CN(C)c1ccc(N(C)C)c2c1CC1(CCSCC1)C(=NCc1cccc(Cl)c1)N2. The lowest BCUT2D eigenvalue weighted by molar-refractivity contribution is 0.377. The predicted octanol–water partition coefficient (Wildman–Crippen LogP) is 5.55. The molecule has 2 aromatic rings. The van der Waals surface area contributed by atoms with E-state index in [1.54, 1.807) is 0 Å². The van der Waals surface area contributed by atoms with E-state index in [0.717, 1.165) is 35.7 Å². The summed E-state index contributed by atoms with van der Waals surface area (Å²) in [6.07, 6.45) is 3.37. The Morgan fingerprint density at radius 2 is 1.73 bits per heavy atom. The van der Waals surface area contributed by atoms with Crippen molar-refractivity contribution < 1.29 is 0 Å². The van der Waals surface area contributed by atoms with Crippen molar-refractivity contribution in [3.8, 4) is 0 Å². The van der Waals surface area contributed by atoms with E-state index in [4.69, 9.17) is 16.6 Å². The van der Waals surface area contributed by atoms with Gasteiger partial charge in [-0.25, -0.2) is 0 Å². The summed E-state index contributed by atoms with van der Waals surface area (Å²) in [5.41, 5.74) is 6.38. The van der Waals surface area contributed by atoms with Crippen molar-refractivity contribution in [2.45, 2.75) is 25.8 Å². The molecule has 4 nitrogen and oxygen atoms in total. The molecular weight excluding hydrogens is 412 g/mol. The summed E-state index contributed by atoms with van der Waals surface area (Å²) in [6, 6.07) is 12.5. The number of nitrogens with one attached hydrogen (secondary N) is 1. The third-order valence-corrected chi connectivity index (χ3v) is 7.47. The van der Waals surface area contributed by atoms with Gasteiger partial charge in [-0.3, -0.25) is 4.99 Å². The van der Waals surface area contributed by atoms with E-state index in [0.29, 0.717) is 6.54 Å². The van der Waals surface area contributed by atoms with Gasteiger partial charge in [-0.15, -0.1) is 0 Å². The maximum atomic E-state index is 6.20. The zero-order valence-corrected chi connectivity index (χ0v) is 19.9. The molecule has 6 heteroatoms. The number of thioether (sulfide) groups is 1. The van der Waals surface area contributed by atoms with Gasteiger partial charge in [0.1, 0.15) is 5.84 Å². The molecule has 0 bridgehead atoms. The van der Waals surface area contributed by atoms with E-state index in [2.05, 4.69) is 73.3 Å². The van der Waals surface area contributed by atoms with E-state index < -0.39 is 0 Å². The zero-order chi connectivity index (χ0) is 21.3. The van der Waals surface area contributed by atoms with Gasteiger partial charge in [0, 0.05) is 49.9 Å². The molecule has 2 heterocycles. The summed E-state index contributed by atoms with van der Waals surface area (Å²) < 4.78 is 0. The molecular formula is C24H31ClN4S. The molecule has 2 aliphatic heterocycles. The second-order valence-corrected chi connectivity index (χ2v) is 10.4. The fourth-order valence-electron chi connectivity index (χ4n) is 4.60. The molecule has 2 aliphatic rings. The van der Waals surface area contributed by atoms with Crippen molar-refractivity contribution in [3.63, 3.8) is 0 Å². The first-order valence-electron chi connectivity index (χ1n) is 10.5. The molecule has 4 rings (SSSR count). The highest BCUT2D eigenvalue weighted by atomic mass is 35.5. The minimum atomic E-state index is 0.0898. The highest BCUT2D eigenvalue weighted by molar-refractivity contribution is 7.99. The average molecular weight is 443 g/mol. The predicted molar refractivity (Wildman–Crippen MR) is 134 cm³/mol. The van der Waals surface area contributed by atoms with Gasteiger partial charge >= 0.3 is 0 Å². The lowest BCUT2D eigenvalue weighted by Gasteiger charge is -2.44. The van der Waals surface area contributed by atoms with Gasteiger partial charge < -0.3 is 15.1 Å². The Morgan fingerprint density at radius 3 is 2.40 bits per heavy atom. The lowest BCUT2D eigenvalue weighted by Crippen LogP contribution is -2.45. The Kier molecular flexibility index (Phi) is 6.21. The first-order valence-corrected chi connectivity index (χ1v) is 12.1. The summed E-state index contributed by atoms with van der Waals surface area (Å²) in [7, 11) is 8.49. The van der Waals surface area contributed by atoms with Crippen molar-refractivity contribution in [2.75, 3.05) is 54.8 Å².